The molecule has 126 valence electrons. The van der Waals surface area contributed by atoms with Gasteiger partial charge in [0.15, 0.2) is 0 Å². The van der Waals surface area contributed by atoms with Crippen molar-refractivity contribution >= 4 is 44.8 Å². The van der Waals surface area contributed by atoms with E-state index in [9.17, 15) is 18.0 Å². The molecule has 1 aromatic carbocycles. The van der Waals surface area contributed by atoms with Crippen molar-refractivity contribution in [2.24, 2.45) is 0 Å². The molecule has 1 aromatic heterocycles. The first-order chi connectivity index (χ1) is 10.7. The molecule has 0 radical (unpaired) electrons. The van der Waals surface area contributed by atoms with E-state index in [2.05, 4.69) is 4.52 Å². The second-order valence-corrected chi connectivity index (χ2v) is 7.52. The van der Waals surface area contributed by atoms with Crippen molar-refractivity contribution in [1.82, 2.24) is 8.71 Å². The Balaban J connectivity index is 2.64. The van der Waals surface area contributed by atoms with Crippen LogP contribution in [0.1, 0.15) is 19.8 Å². The molecule has 0 aliphatic heterocycles. The molecule has 1 heterocycles. The van der Waals surface area contributed by atoms with Crippen molar-refractivity contribution in [1.29, 1.82) is 0 Å². The lowest BCUT2D eigenvalue weighted by molar-refractivity contribution is 0.329. The fourth-order valence-electron chi connectivity index (χ4n) is 1.78. The minimum Gasteiger partial charge on any atom is -0.301 e. The van der Waals surface area contributed by atoms with Gasteiger partial charge in [0.1, 0.15) is 4.90 Å². The molecule has 2 rings (SSSR count). The van der Waals surface area contributed by atoms with E-state index < -0.39 is 26.4 Å². The smallest absolute Gasteiger partial charge is 0.301 e. The standard InChI is InChI=1S/C12H11Cl3N2O5S/c1-2-3-4-16-11(18)17(22-12(16)19)23(20,21)10-6-8(14)7(13)5-9(10)15/h5-6H,2-4H2,1H3. The van der Waals surface area contributed by atoms with Crippen molar-refractivity contribution < 1.29 is 12.9 Å². The highest BCUT2D eigenvalue weighted by Crippen LogP contribution is 2.32. The molecule has 0 aliphatic carbocycles. The summed E-state index contributed by atoms with van der Waals surface area (Å²) in [5, 5.41) is -0.282. The van der Waals surface area contributed by atoms with Gasteiger partial charge in [-0.2, -0.15) is 8.42 Å². The summed E-state index contributed by atoms with van der Waals surface area (Å²) in [6.07, 6.45) is 1.23. The van der Waals surface area contributed by atoms with Crippen LogP contribution in [0, 0.1) is 0 Å². The van der Waals surface area contributed by atoms with E-state index in [1.807, 2.05) is 6.92 Å². The Hall–Kier alpha value is -1.22. The van der Waals surface area contributed by atoms with E-state index in [1.165, 1.54) is 0 Å². The fraction of sp³-hybridized carbons (Fsp3) is 0.333. The van der Waals surface area contributed by atoms with E-state index >= 15 is 0 Å². The summed E-state index contributed by atoms with van der Waals surface area (Å²) in [6.45, 7) is 1.91. The van der Waals surface area contributed by atoms with Gasteiger partial charge >= 0.3 is 21.5 Å². The maximum absolute atomic E-state index is 12.5. The summed E-state index contributed by atoms with van der Waals surface area (Å²) in [6, 6.07) is 2.10. The average Bonchev–Trinajstić information content (AvgIpc) is 2.76. The highest BCUT2D eigenvalue weighted by Gasteiger charge is 2.28. The van der Waals surface area contributed by atoms with Crippen LogP contribution in [0.3, 0.4) is 0 Å². The number of aromatic nitrogens is 2. The highest BCUT2D eigenvalue weighted by atomic mass is 35.5. The van der Waals surface area contributed by atoms with E-state index in [-0.39, 0.29) is 25.8 Å². The molecule has 0 spiro atoms. The van der Waals surface area contributed by atoms with Gasteiger partial charge in [-0.25, -0.2) is 14.2 Å². The molecule has 0 unspecified atom stereocenters. The van der Waals surface area contributed by atoms with Crippen molar-refractivity contribution in [3.63, 3.8) is 0 Å². The van der Waals surface area contributed by atoms with Crippen LogP contribution in [0.25, 0.3) is 0 Å². The maximum Gasteiger partial charge on any atom is 0.443 e. The molecule has 11 heteroatoms. The van der Waals surface area contributed by atoms with Crippen LogP contribution in [0.15, 0.2) is 31.1 Å². The van der Waals surface area contributed by atoms with Gasteiger partial charge in [0.25, 0.3) is 0 Å². The lowest BCUT2D eigenvalue weighted by Crippen LogP contribution is -2.31. The third-order valence-corrected chi connectivity index (χ3v) is 5.68. The molecule has 0 bridgehead atoms. The van der Waals surface area contributed by atoms with E-state index in [1.54, 1.807) is 0 Å². The predicted molar refractivity (Wildman–Crippen MR) is 86.2 cm³/mol. The van der Waals surface area contributed by atoms with Gasteiger partial charge in [-0.1, -0.05) is 48.1 Å². The molecule has 0 atom stereocenters. The number of unbranched alkanes of at least 4 members (excludes halogenated alkanes) is 1. The number of nitrogens with zero attached hydrogens (tertiary/aromatic N) is 2. The number of halogens is 3. The summed E-state index contributed by atoms with van der Waals surface area (Å²) in [4.78, 5) is 23.3. The van der Waals surface area contributed by atoms with Crippen LogP contribution >= 0.6 is 34.8 Å². The first kappa shape index (κ1) is 18.1. The summed E-state index contributed by atoms with van der Waals surface area (Å²) in [5.41, 5.74) is -1.11. The lowest BCUT2D eigenvalue weighted by Gasteiger charge is -2.06. The average molecular weight is 402 g/mol. The van der Waals surface area contributed by atoms with Gasteiger partial charge in [-0.3, -0.25) is 0 Å². The first-order valence-electron chi connectivity index (χ1n) is 6.43. The SMILES string of the molecule is CCCCn1c(=O)on(S(=O)(=O)c2cc(Cl)c(Cl)cc2Cl)c1=O. The zero-order valence-corrected chi connectivity index (χ0v) is 14.8. The van der Waals surface area contributed by atoms with Crippen molar-refractivity contribution in [3.05, 3.63) is 48.2 Å². The van der Waals surface area contributed by atoms with Gasteiger partial charge < -0.3 is 4.52 Å². The predicted octanol–water partition coefficient (Wildman–Crippen LogP) is 2.60. The number of hydrogen-bond acceptors (Lipinski definition) is 5. The second-order valence-electron chi connectivity index (χ2n) is 4.57. The third kappa shape index (κ3) is 3.35. The Kier molecular flexibility index (Phi) is 5.30. The second kappa shape index (κ2) is 6.72. The molecule has 7 nitrogen and oxygen atoms in total. The molecule has 0 aliphatic rings. The monoisotopic (exact) mass is 400 g/mol. The normalized spacial score (nSPS) is 11.8. The van der Waals surface area contributed by atoms with Gasteiger partial charge in [-0.05, 0) is 22.7 Å². The van der Waals surface area contributed by atoms with Crippen molar-refractivity contribution in [3.8, 4) is 0 Å². The van der Waals surface area contributed by atoms with E-state index in [0.717, 1.165) is 12.1 Å². The molecule has 0 saturated heterocycles. The Morgan fingerprint density at radius 1 is 1.09 bits per heavy atom. The van der Waals surface area contributed by atoms with Crippen LogP contribution in [-0.4, -0.2) is 17.1 Å². The van der Waals surface area contributed by atoms with Crippen LogP contribution < -0.4 is 11.4 Å². The van der Waals surface area contributed by atoms with Gasteiger partial charge in [0.2, 0.25) is 0 Å². The van der Waals surface area contributed by atoms with Crippen LogP contribution in [-0.2, 0) is 16.6 Å². The minimum atomic E-state index is -4.52. The first-order valence-corrected chi connectivity index (χ1v) is 9.00. The van der Waals surface area contributed by atoms with E-state index in [0.29, 0.717) is 17.4 Å². The molecule has 0 N–H and O–H groups in total. The molecular formula is C12H11Cl3N2O5S. The molecule has 0 saturated carbocycles. The third-order valence-electron chi connectivity index (χ3n) is 2.97. The van der Waals surface area contributed by atoms with Crippen LogP contribution in [0.5, 0.6) is 0 Å². The zero-order chi connectivity index (χ0) is 17.4. The Morgan fingerprint density at radius 2 is 1.70 bits per heavy atom. The van der Waals surface area contributed by atoms with Crippen molar-refractivity contribution in [2.45, 2.75) is 31.2 Å². The zero-order valence-electron chi connectivity index (χ0n) is 11.8. The largest absolute Gasteiger partial charge is 0.443 e. The molecular weight excluding hydrogens is 391 g/mol. The van der Waals surface area contributed by atoms with Crippen LogP contribution in [0.4, 0.5) is 0 Å². The quantitative estimate of drug-likeness (QED) is 0.718. The summed E-state index contributed by atoms with van der Waals surface area (Å²) >= 11 is 17.4. The Morgan fingerprint density at radius 3 is 2.30 bits per heavy atom. The summed E-state index contributed by atoms with van der Waals surface area (Å²) < 4.78 is 30.3. The minimum absolute atomic E-state index is 0.00353. The number of hydrogen-bond donors (Lipinski definition) is 0. The summed E-state index contributed by atoms with van der Waals surface area (Å²) in [5.74, 6) is -1.07. The highest BCUT2D eigenvalue weighted by molar-refractivity contribution is 7.89. The number of benzene rings is 1. The van der Waals surface area contributed by atoms with E-state index in [4.69, 9.17) is 34.8 Å². The molecule has 0 amide bonds. The number of rotatable bonds is 5. The Bertz CT molecular complexity index is 958. The van der Waals surface area contributed by atoms with Gasteiger partial charge in [0, 0.05) is 6.54 Å². The Labute approximate surface area is 146 Å². The molecule has 23 heavy (non-hydrogen) atoms. The molecule has 0 fully saturated rings. The fourth-order valence-corrected chi connectivity index (χ4v) is 3.90. The lowest BCUT2D eigenvalue weighted by atomic mass is 10.3. The maximum atomic E-state index is 12.5. The van der Waals surface area contributed by atoms with Crippen LogP contribution in [0.2, 0.25) is 15.1 Å². The topological polar surface area (TPSA) is 91.3 Å². The van der Waals surface area contributed by atoms with Gasteiger partial charge in [-0.15, -0.1) is 0 Å². The van der Waals surface area contributed by atoms with Crippen molar-refractivity contribution in [2.75, 3.05) is 0 Å². The molecule has 2 aromatic rings. The summed E-state index contributed by atoms with van der Waals surface area (Å²) in [7, 11) is -4.52. The van der Waals surface area contributed by atoms with Gasteiger partial charge in [0.05, 0.1) is 15.1 Å².